The first-order chi connectivity index (χ1) is 8.45. The van der Waals surface area contributed by atoms with Crippen molar-refractivity contribution >= 4 is 0 Å². The maximum absolute atomic E-state index is 10.1. The predicted molar refractivity (Wildman–Crippen MR) is 71.3 cm³/mol. The molecule has 18 heavy (non-hydrogen) atoms. The van der Waals surface area contributed by atoms with Crippen molar-refractivity contribution in [3.05, 3.63) is 22.3 Å². The topological polar surface area (TPSA) is 38.7 Å². The summed E-state index contributed by atoms with van der Waals surface area (Å²) in [4.78, 5) is 0. The third-order valence-corrected chi connectivity index (χ3v) is 4.29. The molecule has 0 amide bonds. The van der Waals surface area contributed by atoms with Crippen molar-refractivity contribution in [2.45, 2.75) is 52.7 Å². The summed E-state index contributed by atoms with van der Waals surface area (Å²) in [6, 6.07) is 0. The van der Waals surface area contributed by atoms with Crippen LogP contribution in [0.4, 0.5) is 0 Å². The number of hydrogen-bond donors (Lipinski definition) is 1. The Kier molecular flexibility index (Phi) is 3.28. The predicted octanol–water partition coefficient (Wildman–Crippen LogP) is 3.40. The van der Waals surface area contributed by atoms with Gasteiger partial charge in [0.2, 0.25) is 5.79 Å². The van der Waals surface area contributed by atoms with Crippen LogP contribution in [0.5, 0.6) is 11.5 Å². The molecule has 1 N–H and O–H groups in total. The SMILES string of the molecule is CCC1(OC)CCc2c(C)c(O)c(C)c(C)c2O1. The summed E-state index contributed by atoms with van der Waals surface area (Å²) in [6.07, 6.45) is 2.54. The Morgan fingerprint density at radius 1 is 1.22 bits per heavy atom. The number of ether oxygens (including phenoxy) is 2. The average Bonchev–Trinajstić information content (AvgIpc) is 2.42. The van der Waals surface area contributed by atoms with Crippen molar-refractivity contribution in [2.24, 2.45) is 0 Å². The number of fused-ring (bicyclic) bond motifs is 1. The van der Waals surface area contributed by atoms with Crippen LogP contribution >= 0.6 is 0 Å². The highest BCUT2D eigenvalue weighted by Gasteiger charge is 2.37. The van der Waals surface area contributed by atoms with E-state index in [1.54, 1.807) is 7.11 Å². The highest BCUT2D eigenvalue weighted by molar-refractivity contribution is 5.58. The lowest BCUT2D eigenvalue weighted by molar-refractivity contribution is -0.176. The minimum atomic E-state index is -0.506. The smallest absolute Gasteiger partial charge is 0.210 e. The van der Waals surface area contributed by atoms with Gasteiger partial charge in [-0.25, -0.2) is 0 Å². The summed E-state index contributed by atoms with van der Waals surface area (Å²) < 4.78 is 11.7. The Labute approximate surface area is 109 Å². The van der Waals surface area contributed by atoms with E-state index in [0.29, 0.717) is 5.75 Å². The molecule has 0 spiro atoms. The Bertz CT molecular complexity index is 473. The standard InChI is InChI=1S/C15H22O3/c1-6-15(17-5)8-7-12-11(4)13(16)9(2)10(3)14(12)18-15/h16H,6-8H2,1-5H3. The maximum Gasteiger partial charge on any atom is 0.210 e. The summed E-state index contributed by atoms with van der Waals surface area (Å²) in [6.45, 7) is 7.95. The summed E-state index contributed by atoms with van der Waals surface area (Å²) >= 11 is 0. The van der Waals surface area contributed by atoms with E-state index < -0.39 is 5.79 Å². The Morgan fingerprint density at radius 2 is 1.89 bits per heavy atom. The monoisotopic (exact) mass is 250 g/mol. The van der Waals surface area contributed by atoms with Crippen LogP contribution in [-0.2, 0) is 11.2 Å². The average molecular weight is 250 g/mol. The van der Waals surface area contributed by atoms with Gasteiger partial charge in [-0.05, 0) is 43.9 Å². The van der Waals surface area contributed by atoms with Crippen LogP contribution in [0, 0.1) is 20.8 Å². The fraction of sp³-hybridized carbons (Fsp3) is 0.600. The van der Waals surface area contributed by atoms with Crippen molar-refractivity contribution < 1.29 is 14.6 Å². The van der Waals surface area contributed by atoms with Gasteiger partial charge in [-0.15, -0.1) is 0 Å². The molecule has 1 aliphatic rings. The minimum absolute atomic E-state index is 0.399. The Morgan fingerprint density at radius 3 is 2.44 bits per heavy atom. The number of methoxy groups -OCH3 is 1. The first kappa shape index (κ1) is 13.2. The molecule has 2 rings (SSSR count). The van der Waals surface area contributed by atoms with Crippen molar-refractivity contribution in [2.75, 3.05) is 7.11 Å². The number of phenolic OH excluding ortho intramolecular Hbond substituents is 1. The van der Waals surface area contributed by atoms with Gasteiger partial charge in [0.05, 0.1) is 0 Å². The number of aromatic hydroxyl groups is 1. The molecular formula is C15H22O3. The van der Waals surface area contributed by atoms with Crippen LogP contribution in [0.2, 0.25) is 0 Å². The van der Waals surface area contributed by atoms with Crippen LogP contribution in [0.3, 0.4) is 0 Å². The second kappa shape index (κ2) is 4.47. The van der Waals surface area contributed by atoms with E-state index in [2.05, 4.69) is 6.92 Å². The molecule has 0 bridgehead atoms. The molecular weight excluding hydrogens is 228 g/mol. The van der Waals surface area contributed by atoms with E-state index in [4.69, 9.17) is 9.47 Å². The largest absolute Gasteiger partial charge is 0.507 e. The van der Waals surface area contributed by atoms with E-state index in [1.807, 2.05) is 20.8 Å². The lowest BCUT2D eigenvalue weighted by Gasteiger charge is -2.38. The molecule has 0 saturated heterocycles. The molecule has 3 nitrogen and oxygen atoms in total. The van der Waals surface area contributed by atoms with E-state index in [-0.39, 0.29) is 0 Å². The second-order valence-corrected chi connectivity index (χ2v) is 5.10. The lowest BCUT2D eigenvalue weighted by Crippen LogP contribution is -2.41. The summed E-state index contributed by atoms with van der Waals surface area (Å²) in [5, 5.41) is 10.1. The van der Waals surface area contributed by atoms with Gasteiger partial charge < -0.3 is 14.6 Å². The summed E-state index contributed by atoms with van der Waals surface area (Å²) in [5.74, 6) is 0.794. The maximum atomic E-state index is 10.1. The molecule has 1 heterocycles. The van der Waals surface area contributed by atoms with Gasteiger partial charge in [0, 0.05) is 25.5 Å². The first-order valence-electron chi connectivity index (χ1n) is 6.51. The molecule has 0 aromatic heterocycles. The van der Waals surface area contributed by atoms with Crippen molar-refractivity contribution in [3.63, 3.8) is 0 Å². The van der Waals surface area contributed by atoms with Gasteiger partial charge in [-0.3, -0.25) is 0 Å². The fourth-order valence-electron chi connectivity index (χ4n) is 2.70. The summed E-state index contributed by atoms with van der Waals surface area (Å²) in [5.41, 5.74) is 3.97. The van der Waals surface area contributed by atoms with Crippen LogP contribution < -0.4 is 4.74 Å². The van der Waals surface area contributed by atoms with Gasteiger partial charge in [0.1, 0.15) is 11.5 Å². The normalized spacial score (nSPS) is 22.5. The molecule has 1 aromatic rings. The molecule has 100 valence electrons. The lowest BCUT2D eigenvalue weighted by atomic mass is 9.90. The van der Waals surface area contributed by atoms with E-state index in [0.717, 1.165) is 47.3 Å². The van der Waals surface area contributed by atoms with E-state index in [9.17, 15) is 5.11 Å². The molecule has 1 aromatic carbocycles. The fourth-order valence-corrected chi connectivity index (χ4v) is 2.70. The van der Waals surface area contributed by atoms with Gasteiger partial charge in [-0.2, -0.15) is 0 Å². The minimum Gasteiger partial charge on any atom is -0.507 e. The van der Waals surface area contributed by atoms with Crippen LogP contribution in [-0.4, -0.2) is 18.0 Å². The zero-order valence-electron chi connectivity index (χ0n) is 11.9. The van der Waals surface area contributed by atoms with Gasteiger partial charge in [0.25, 0.3) is 0 Å². The molecule has 0 saturated carbocycles. The molecule has 0 aliphatic carbocycles. The van der Waals surface area contributed by atoms with Crippen LogP contribution in [0.1, 0.15) is 42.0 Å². The number of hydrogen-bond acceptors (Lipinski definition) is 3. The molecule has 1 aliphatic heterocycles. The number of phenols is 1. The molecule has 0 radical (unpaired) electrons. The van der Waals surface area contributed by atoms with Crippen LogP contribution in [0.25, 0.3) is 0 Å². The summed E-state index contributed by atoms with van der Waals surface area (Å²) in [7, 11) is 1.70. The highest BCUT2D eigenvalue weighted by atomic mass is 16.7. The quantitative estimate of drug-likeness (QED) is 0.874. The molecule has 0 fully saturated rings. The van der Waals surface area contributed by atoms with Crippen molar-refractivity contribution in [1.29, 1.82) is 0 Å². The van der Waals surface area contributed by atoms with E-state index in [1.165, 1.54) is 0 Å². The van der Waals surface area contributed by atoms with Gasteiger partial charge in [-0.1, -0.05) is 6.92 Å². The highest BCUT2D eigenvalue weighted by Crippen LogP contribution is 2.44. The molecule has 1 atom stereocenters. The van der Waals surface area contributed by atoms with E-state index >= 15 is 0 Å². The van der Waals surface area contributed by atoms with Crippen molar-refractivity contribution in [1.82, 2.24) is 0 Å². The first-order valence-corrected chi connectivity index (χ1v) is 6.51. The zero-order chi connectivity index (χ0) is 13.5. The third-order valence-electron chi connectivity index (χ3n) is 4.29. The van der Waals surface area contributed by atoms with Crippen LogP contribution in [0.15, 0.2) is 0 Å². The molecule has 3 heteroatoms. The molecule has 1 unspecified atom stereocenters. The second-order valence-electron chi connectivity index (χ2n) is 5.10. The third kappa shape index (κ3) is 1.77. The van der Waals surface area contributed by atoms with Crippen molar-refractivity contribution in [3.8, 4) is 11.5 Å². The Hall–Kier alpha value is -1.22. The van der Waals surface area contributed by atoms with Gasteiger partial charge in [0.15, 0.2) is 0 Å². The zero-order valence-corrected chi connectivity index (χ0v) is 11.9. The van der Waals surface area contributed by atoms with Gasteiger partial charge >= 0.3 is 0 Å². The number of benzene rings is 1. The Balaban J connectivity index is 2.57. The number of rotatable bonds is 2.